The Hall–Kier alpha value is -3.48. The summed E-state index contributed by atoms with van der Waals surface area (Å²) in [5, 5.41) is 5.48. The predicted molar refractivity (Wildman–Crippen MR) is 129 cm³/mol. The molecule has 1 spiro atoms. The van der Waals surface area contributed by atoms with Crippen LogP contribution < -0.4 is 10.6 Å². The maximum Gasteiger partial charge on any atom is 0.255 e. The van der Waals surface area contributed by atoms with E-state index in [1.807, 2.05) is 0 Å². The number of carbonyl (C=O) groups excluding carboxylic acids is 4. The highest BCUT2D eigenvalue weighted by Crippen LogP contribution is 2.61. The molecule has 7 nitrogen and oxygen atoms in total. The number of amides is 4. The predicted octanol–water partition coefficient (Wildman–Crippen LogP) is 3.21. The zero-order valence-electron chi connectivity index (χ0n) is 19.8. The summed E-state index contributed by atoms with van der Waals surface area (Å²) in [6, 6.07) is 13.5. The maximum absolute atomic E-state index is 12.9. The Labute approximate surface area is 204 Å². The van der Waals surface area contributed by atoms with Gasteiger partial charge in [0.15, 0.2) is 0 Å². The van der Waals surface area contributed by atoms with Crippen LogP contribution in [0.4, 0.5) is 0 Å². The first-order valence-electron chi connectivity index (χ1n) is 12.5. The molecular formula is C28H29N3O4. The molecule has 7 heteroatoms. The number of benzene rings is 2. The Morgan fingerprint density at radius 2 is 1.77 bits per heavy atom. The second-order valence-electron chi connectivity index (χ2n) is 10.9. The Morgan fingerprint density at radius 1 is 1.03 bits per heavy atom. The van der Waals surface area contributed by atoms with E-state index in [-0.39, 0.29) is 36.7 Å². The van der Waals surface area contributed by atoms with Crippen LogP contribution in [0.2, 0.25) is 0 Å². The van der Waals surface area contributed by atoms with Crippen molar-refractivity contribution in [3.8, 4) is 0 Å². The van der Waals surface area contributed by atoms with Gasteiger partial charge >= 0.3 is 0 Å². The van der Waals surface area contributed by atoms with Gasteiger partial charge in [-0.2, -0.15) is 0 Å². The zero-order valence-corrected chi connectivity index (χ0v) is 19.8. The maximum atomic E-state index is 12.9. The van der Waals surface area contributed by atoms with E-state index in [0.717, 1.165) is 18.4 Å². The average Bonchev–Trinajstić information content (AvgIpc) is 3.10. The van der Waals surface area contributed by atoms with Crippen LogP contribution in [-0.2, 0) is 16.1 Å². The van der Waals surface area contributed by atoms with Crippen LogP contribution >= 0.6 is 0 Å². The van der Waals surface area contributed by atoms with Crippen LogP contribution in [0.15, 0.2) is 42.5 Å². The quantitative estimate of drug-likeness (QED) is 0.670. The SMILES string of the molecule is Cc1ccc(C2CC3(CC(NC(=O)c4ccc5c(c4)CN(C4CCC(=O)NC4=O)C5=O)C3)C2)cc1. The van der Waals surface area contributed by atoms with E-state index in [1.54, 1.807) is 18.2 Å². The Bertz CT molecular complexity index is 1240. The van der Waals surface area contributed by atoms with Crippen molar-refractivity contribution in [3.05, 3.63) is 70.3 Å². The zero-order chi connectivity index (χ0) is 24.3. The molecule has 2 saturated carbocycles. The van der Waals surface area contributed by atoms with Crippen molar-refractivity contribution in [1.29, 1.82) is 0 Å². The van der Waals surface area contributed by atoms with E-state index in [2.05, 4.69) is 41.8 Å². The van der Waals surface area contributed by atoms with Crippen LogP contribution in [0.1, 0.15) is 81.8 Å². The number of imide groups is 1. The first-order valence-corrected chi connectivity index (χ1v) is 12.5. The molecule has 35 heavy (non-hydrogen) atoms. The number of piperidine rings is 1. The molecule has 2 aromatic rings. The van der Waals surface area contributed by atoms with Crippen molar-refractivity contribution in [2.45, 2.75) is 70.0 Å². The number of rotatable bonds is 4. The van der Waals surface area contributed by atoms with Gasteiger partial charge < -0.3 is 10.2 Å². The van der Waals surface area contributed by atoms with Crippen molar-refractivity contribution in [3.63, 3.8) is 0 Å². The summed E-state index contributed by atoms with van der Waals surface area (Å²) in [7, 11) is 0. The number of aryl methyl sites for hydroxylation is 1. The Balaban J connectivity index is 1.04. The lowest BCUT2D eigenvalue weighted by Crippen LogP contribution is -2.55. The van der Waals surface area contributed by atoms with Gasteiger partial charge in [-0.3, -0.25) is 24.5 Å². The number of hydrogen-bond donors (Lipinski definition) is 2. The van der Waals surface area contributed by atoms with Crippen molar-refractivity contribution in [1.82, 2.24) is 15.5 Å². The van der Waals surface area contributed by atoms with Gasteiger partial charge in [-0.1, -0.05) is 29.8 Å². The molecule has 4 aliphatic rings. The fourth-order valence-corrected chi connectivity index (χ4v) is 6.47. The molecule has 6 rings (SSSR count). The molecule has 1 saturated heterocycles. The summed E-state index contributed by atoms with van der Waals surface area (Å²) >= 11 is 0. The lowest BCUT2D eigenvalue weighted by molar-refractivity contribution is -0.136. The number of fused-ring (bicyclic) bond motifs is 1. The molecule has 2 N–H and O–H groups in total. The van der Waals surface area contributed by atoms with Gasteiger partial charge in [0, 0.05) is 30.1 Å². The highest BCUT2D eigenvalue weighted by Gasteiger charge is 2.53. The molecule has 2 heterocycles. The van der Waals surface area contributed by atoms with Gasteiger partial charge in [0.2, 0.25) is 11.8 Å². The molecule has 1 atom stereocenters. The molecule has 180 valence electrons. The number of carbonyl (C=O) groups is 4. The van der Waals surface area contributed by atoms with Crippen molar-refractivity contribution in [2.75, 3.05) is 0 Å². The minimum Gasteiger partial charge on any atom is -0.349 e. The summed E-state index contributed by atoms with van der Waals surface area (Å²) in [6.45, 7) is 2.38. The molecule has 3 fully saturated rings. The largest absolute Gasteiger partial charge is 0.349 e. The Morgan fingerprint density at radius 3 is 2.49 bits per heavy atom. The number of hydrogen-bond acceptors (Lipinski definition) is 4. The third-order valence-electron chi connectivity index (χ3n) is 8.39. The fraction of sp³-hybridized carbons (Fsp3) is 0.429. The smallest absolute Gasteiger partial charge is 0.255 e. The first-order chi connectivity index (χ1) is 16.8. The minimum atomic E-state index is -0.651. The molecule has 0 bridgehead atoms. The van der Waals surface area contributed by atoms with Gasteiger partial charge in [-0.15, -0.1) is 0 Å². The molecule has 4 amide bonds. The summed E-state index contributed by atoms with van der Waals surface area (Å²) in [5.41, 5.74) is 4.89. The van der Waals surface area contributed by atoms with E-state index in [9.17, 15) is 19.2 Å². The third-order valence-corrected chi connectivity index (χ3v) is 8.39. The third kappa shape index (κ3) is 3.83. The van der Waals surface area contributed by atoms with Gasteiger partial charge in [0.25, 0.3) is 11.8 Å². The van der Waals surface area contributed by atoms with E-state index < -0.39 is 11.9 Å². The second-order valence-corrected chi connectivity index (χ2v) is 10.9. The van der Waals surface area contributed by atoms with Crippen LogP contribution in [0.25, 0.3) is 0 Å². The van der Waals surface area contributed by atoms with E-state index in [0.29, 0.717) is 28.9 Å². The molecule has 1 unspecified atom stereocenters. The number of nitrogens with one attached hydrogen (secondary N) is 2. The highest BCUT2D eigenvalue weighted by atomic mass is 16.2. The fourth-order valence-electron chi connectivity index (χ4n) is 6.47. The van der Waals surface area contributed by atoms with Crippen LogP contribution in [0, 0.1) is 12.3 Å². The average molecular weight is 472 g/mol. The standard InChI is InChI=1S/C28H29N3O4/c1-16-2-4-17(5-3-16)20-11-28(12-20)13-21(14-28)29-25(33)18-6-7-22-19(10-18)15-31(27(22)35)23-8-9-24(32)30-26(23)34/h2-7,10,20-21,23H,8-9,11-15H2,1H3,(H,29,33)(H,30,32,34). The minimum absolute atomic E-state index is 0.117. The van der Waals surface area contributed by atoms with E-state index >= 15 is 0 Å². The molecule has 0 aromatic heterocycles. The van der Waals surface area contributed by atoms with Gasteiger partial charge in [-0.25, -0.2) is 0 Å². The van der Waals surface area contributed by atoms with Crippen LogP contribution in [-0.4, -0.2) is 40.6 Å². The monoisotopic (exact) mass is 471 g/mol. The van der Waals surface area contributed by atoms with Crippen molar-refractivity contribution < 1.29 is 19.2 Å². The molecule has 2 aliphatic heterocycles. The summed E-state index contributed by atoms with van der Waals surface area (Å²) in [4.78, 5) is 51.0. The normalized spacial score (nSPS) is 29.3. The highest BCUT2D eigenvalue weighted by molar-refractivity contribution is 6.06. The lowest BCUT2D eigenvalue weighted by atomic mass is 9.49. The first kappa shape index (κ1) is 22.0. The summed E-state index contributed by atoms with van der Waals surface area (Å²) < 4.78 is 0. The van der Waals surface area contributed by atoms with Gasteiger partial charge in [0.05, 0.1) is 0 Å². The van der Waals surface area contributed by atoms with Crippen molar-refractivity contribution in [2.24, 2.45) is 5.41 Å². The van der Waals surface area contributed by atoms with Gasteiger partial charge in [-0.05, 0) is 79.7 Å². The van der Waals surface area contributed by atoms with Crippen LogP contribution in [0.3, 0.4) is 0 Å². The molecule has 2 aromatic carbocycles. The van der Waals surface area contributed by atoms with Crippen molar-refractivity contribution >= 4 is 23.6 Å². The molecular weight excluding hydrogens is 442 g/mol. The second kappa shape index (κ2) is 8.04. The van der Waals surface area contributed by atoms with Crippen LogP contribution in [0.5, 0.6) is 0 Å². The number of nitrogens with zero attached hydrogens (tertiary/aromatic N) is 1. The topological polar surface area (TPSA) is 95.6 Å². The van der Waals surface area contributed by atoms with E-state index in [4.69, 9.17) is 0 Å². The summed E-state index contributed by atoms with van der Waals surface area (Å²) in [5.74, 6) is -0.446. The van der Waals surface area contributed by atoms with Gasteiger partial charge in [0.1, 0.15) is 6.04 Å². The molecule has 0 radical (unpaired) electrons. The van der Waals surface area contributed by atoms with E-state index in [1.165, 1.54) is 28.9 Å². The molecule has 2 aliphatic carbocycles. The summed E-state index contributed by atoms with van der Waals surface area (Å²) in [6.07, 6.45) is 4.98. The lowest BCUT2D eigenvalue weighted by Gasteiger charge is -2.58. The Kier molecular flexibility index (Phi) is 5.06.